The molecule has 0 atom stereocenters. The molecule has 2 nitrogen and oxygen atoms in total. The highest BCUT2D eigenvalue weighted by Crippen LogP contribution is 2.11. The van der Waals surface area contributed by atoms with Crippen LogP contribution in [0.15, 0.2) is 23.5 Å². The average molecular weight is 189 g/mol. The second-order valence-electron chi connectivity index (χ2n) is 3.24. The predicted molar refractivity (Wildman–Crippen MR) is 61.2 cm³/mol. The molecule has 2 heteroatoms. The average Bonchev–Trinajstić information content (AvgIpc) is 2.19. The van der Waals surface area contributed by atoms with Crippen molar-refractivity contribution in [2.45, 2.75) is 13.8 Å². The van der Waals surface area contributed by atoms with Crippen LogP contribution in [0.3, 0.4) is 0 Å². The number of aromatic nitrogens is 1. The van der Waals surface area contributed by atoms with Crippen molar-refractivity contribution in [1.29, 1.82) is 0 Å². The molecule has 0 aromatic carbocycles. The van der Waals surface area contributed by atoms with Gasteiger partial charge in [0.15, 0.2) is 0 Å². The molecule has 0 radical (unpaired) electrons. The van der Waals surface area contributed by atoms with E-state index in [2.05, 4.69) is 6.58 Å². The van der Waals surface area contributed by atoms with E-state index < -0.39 is 0 Å². The van der Waals surface area contributed by atoms with Crippen LogP contribution in [-0.2, 0) is 7.05 Å². The minimum absolute atomic E-state index is 0.0451. The molecule has 1 heterocycles. The lowest BCUT2D eigenvalue weighted by Gasteiger charge is -2.09. The van der Waals surface area contributed by atoms with Crippen LogP contribution in [0.25, 0.3) is 12.2 Å². The molecule has 1 aromatic rings. The van der Waals surface area contributed by atoms with Gasteiger partial charge >= 0.3 is 0 Å². The summed E-state index contributed by atoms with van der Waals surface area (Å²) < 4.78 is 1.65. The lowest BCUT2D eigenvalue weighted by atomic mass is 10.1. The molecule has 74 valence electrons. The Morgan fingerprint density at radius 3 is 2.64 bits per heavy atom. The number of hydrogen-bond acceptors (Lipinski definition) is 1. The van der Waals surface area contributed by atoms with E-state index >= 15 is 0 Å². The van der Waals surface area contributed by atoms with Gasteiger partial charge in [0.25, 0.3) is 5.56 Å². The van der Waals surface area contributed by atoms with E-state index in [9.17, 15) is 4.79 Å². The molecule has 0 unspecified atom stereocenters. The van der Waals surface area contributed by atoms with Gasteiger partial charge in [-0.05, 0) is 31.6 Å². The van der Waals surface area contributed by atoms with Crippen LogP contribution in [-0.4, -0.2) is 4.57 Å². The molecule has 0 spiro atoms. The van der Waals surface area contributed by atoms with Crippen molar-refractivity contribution in [3.8, 4) is 0 Å². The van der Waals surface area contributed by atoms with Gasteiger partial charge in [-0.3, -0.25) is 4.79 Å². The number of rotatable bonds is 2. The maximum absolute atomic E-state index is 11.6. The summed E-state index contributed by atoms with van der Waals surface area (Å²) >= 11 is 0. The Hall–Kier alpha value is -1.57. The fourth-order valence-electron chi connectivity index (χ4n) is 1.47. The minimum atomic E-state index is 0.0451. The topological polar surface area (TPSA) is 22.0 Å². The van der Waals surface area contributed by atoms with Gasteiger partial charge < -0.3 is 4.57 Å². The van der Waals surface area contributed by atoms with E-state index in [1.54, 1.807) is 17.7 Å². The van der Waals surface area contributed by atoms with Crippen LogP contribution in [0, 0.1) is 6.92 Å². The summed E-state index contributed by atoms with van der Waals surface area (Å²) in [6.07, 6.45) is 5.59. The summed E-state index contributed by atoms with van der Waals surface area (Å²) in [5.41, 5.74) is 2.68. The Morgan fingerprint density at radius 2 is 2.14 bits per heavy atom. The molecule has 14 heavy (non-hydrogen) atoms. The summed E-state index contributed by atoms with van der Waals surface area (Å²) in [5, 5.41) is 0. The summed E-state index contributed by atoms with van der Waals surface area (Å²) in [5.74, 6) is 0. The zero-order valence-electron chi connectivity index (χ0n) is 8.87. The van der Waals surface area contributed by atoms with Gasteiger partial charge in [-0.2, -0.15) is 0 Å². The monoisotopic (exact) mass is 189 g/mol. The Bertz CT molecular complexity index is 438. The normalized spacial score (nSPS) is 10.8. The van der Waals surface area contributed by atoms with E-state index in [0.717, 1.165) is 16.8 Å². The van der Waals surface area contributed by atoms with E-state index in [-0.39, 0.29) is 5.56 Å². The molecule has 0 bridgehead atoms. The first-order chi connectivity index (χ1) is 6.61. The molecule has 0 fully saturated rings. The Balaban J connectivity index is 3.61. The third-order valence-electron chi connectivity index (χ3n) is 2.22. The molecule has 0 amide bonds. The Morgan fingerprint density at radius 1 is 1.50 bits per heavy atom. The van der Waals surface area contributed by atoms with Crippen molar-refractivity contribution in [1.82, 2.24) is 4.57 Å². The van der Waals surface area contributed by atoms with Gasteiger partial charge in [0.1, 0.15) is 0 Å². The van der Waals surface area contributed by atoms with Crippen molar-refractivity contribution < 1.29 is 0 Å². The number of hydrogen-bond donors (Lipinski definition) is 0. The fourth-order valence-corrected chi connectivity index (χ4v) is 1.47. The van der Waals surface area contributed by atoms with Crippen LogP contribution < -0.4 is 5.56 Å². The molecule has 0 saturated carbocycles. The van der Waals surface area contributed by atoms with Crippen molar-refractivity contribution in [3.05, 3.63) is 45.9 Å². The second-order valence-corrected chi connectivity index (χ2v) is 3.24. The molecule has 1 aromatic heterocycles. The molecule has 0 aliphatic rings. The molecule has 1 rings (SSSR count). The third-order valence-corrected chi connectivity index (χ3v) is 2.22. The van der Waals surface area contributed by atoms with Crippen molar-refractivity contribution in [2.24, 2.45) is 7.05 Å². The van der Waals surface area contributed by atoms with Crippen molar-refractivity contribution >= 4 is 12.2 Å². The van der Waals surface area contributed by atoms with Crippen LogP contribution in [0.1, 0.15) is 23.7 Å². The summed E-state index contributed by atoms with van der Waals surface area (Å²) in [7, 11) is 1.78. The van der Waals surface area contributed by atoms with Crippen molar-refractivity contribution in [3.63, 3.8) is 0 Å². The van der Waals surface area contributed by atoms with E-state index in [1.807, 2.05) is 32.1 Å². The van der Waals surface area contributed by atoms with Gasteiger partial charge in [0.2, 0.25) is 0 Å². The van der Waals surface area contributed by atoms with Gasteiger partial charge in [-0.15, -0.1) is 0 Å². The third kappa shape index (κ3) is 1.69. The van der Waals surface area contributed by atoms with E-state index in [4.69, 9.17) is 0 Å². The molecule has 0 aliphatic carbocycles. The smallest absolute Gasteiger partial charge is 0.253 e. The van der Waals surface area contributed by atoms with E-state index in [0.29, 0.717) is 0 Å². The number of pyridine rings is 1. The number of aryl methyl sites for hydroxylation is 1. The SMILES string of the molecule is C=Cc1cc(C)c(=O)n(C)c1/C=C\C. The number of nitrogens with zero attached hydrogens (tertiary/aromatic N) is 1. The maximum atomic E-state index is 11.6. The molecular weight excluding hydrogens is 174 g/mol. The zero-order chi connectivity index (χ0) is 10.7. The highest BCUT2D eigenvalue weighted by atomic mass is 16.1. The van der Waals surface area contributed by atoms with Gasteiger partial charge in [-0.25, -0.2) is 0 Å². The largest absolute Gasteiger partial charge is 0.311 e. The quantitative estimate of drug-likeness (QED) is 0.700. The van der Waals surface area contributed by atoms with Crippen molar-refractivity contribution in [2.75, 3.05) is 0 Å². The van der Waals surface area contributed by atoms with Gasteiger partial charge in [0.05, 0.1) is 5.69 Å². The minimum Gasteiger partial charge on any atom is -0.311 e. The fraction of sp³-hybridized carbons (Fsp3) is 0.250. The summed E-state index contributed by atoms with van der Waals surface area (Å²) in [6, 6.07) is 1.87. The highest BCUT2D eigenvalue weighted by Gasteiger charge is 2.04. The second kappa shape index (κ2) is 4.09. The first-order valence-corrected chi connectivity index (χ1v) is 4.57. The van der Waals surface area contributed by atoms with E-state index in [1.165, 1.54) is 0 Å². The maximum Gasteiger partial charge on any atom is 0.253 e. The van der Waals surface area contributed by atoms with Crippen LogP contribution in [0.4, 0.5) is 0 Å². The highest BCUT2D eigenvalue weighted by molar-refractivity contribution is 5.62. The molecule has 0 aliphatic heterocycles. The predicted octanol–water partition coefficient (Wildman–Crippen LogP) is 2.37. The number of allylic oxidation sites excluding steroid dienone is 1. The Labute approximate surface area is 84.2 Å². The lowest BCUT2D eigenvalue weighted by molar-refractivity contribution is 0.834. The standard InChI is InChI=1S/C12H15NO/c1-5-7-11-10(6-2)8-9(3)12(14)13(11)4/h5-8H,2H2,1,3-4H3/b7-5-. The summed E-state index contributed by atoms with van der Waals surface area (Å²) in [6.45, 7) is 7.48. The van der Waals surface area contributed by atoms with Crippen LogP contribution in [0.2, 0.25) is 0 Å². The lowest BCUT2D eigenvalue weighted by Crippen LogP contribution is -2.21. The first kappa shape index (κ1) is 10.5. The molecule has 0 saturated heterocycles. The van der Waals surface area contributed by atoms with Gasteiger partial charge in [0, 0.05) is 12.6 Å². The van der Waals surface area contributed by atoms with Crippen LogP contribution in [0.5, 0.6) is 0 Å². The molecule has 0 N–H and O–H groups in total. The first-order valence-electron chi connectivity index (χ1n) is 4.57. The summed E-state index contributed by atoms with van der Waals surface area (Å²) in [4.78, 5) is 11.6. The molecular formula is C12H15NO. The van der Waals surface area contributed by atoms with Gasteiger partial charge in [-0.1, -0.05) is 18.7 Å². The Kier molecular flexibility index (Phi) is 3.07. The zero-order valence-corrected chi connectivity index (χ0v) is 8.87. The van der Waals surface area contributed by atoms with Crippen LogP contribution >= 0.6 is 0 Å².